The van der Waals surface area contributed by atoms with Crippen molar-refractivity contribution < 1.29 is 4.74 Å². The molecule has 2 heterocycles. The maximum absolute atomic E-state index is 6.07. The molecule has 0 unspecified atom stereocenters. The summed E-state index contributed by atoms with van der Waals surface area (Å²) in [6.45, 7) is 2.06. The number of fused-ring (bicyclic) bond motifs is 3. The van der Waals surface area contributed by atoms with Crippen molar-refractivity contribution in [3.8, 4) is 0 Å². The number of imidazole rings is 1. The molecule has 0 fully saturated rings. The molecule has 0 aliphatic carbocycles. The van der Waals surface area contributed by atoms with Gasteiger partial charge in [0, 0.05) is 5.56 Å². The third-order valence-corrected chi connectivity index (χ3v) is 3.64. The first-order chi connectivity index (χ1) is 9.34. The monoisotopic (exact) mass is 250 g/mol. The molecule has 0 bridgehead atoms. The van der Waals surface area contributed by atoms with Crippen LogP contribution in [0.2, 0.25) is 0 Å². The van der Waals surface area contributed by atoms with Crippen LogP contribution < -0.4 is 0 Å². The van der Waals surface area contributed by atoms with Crippen LogP contribution in [0.1, 0.15) is 30.6 Å². The Morgan fingerprint density at radius 1 is 1.00 bits per heavy atom. The van der Waals surface area contributed by atoms with E-state index < -0.39 is 0 Å². The first-order valence-electron chi connectivity index (χ1n) is 6.52. The second-order valence-corrected chi connectivity index (χ2v) is 4.87. The summed E-state index contributed by atoms with van der Waals surface area (Å²) in [6.07, 6.45) is -0.0452. The van der Waals surface area contributed by atoms with E-state index in [1.165, 1.54) is 0 Å². The summed E-state index contributed by atoms with van der Waals surface area (Å²) in [6, 6.07) is 18.5. The van der Waals surface area contributed by atoms with Gasteiger partial charge >= 0.3 is 0 Å². The molecule has 3 heteroatoms. The maximum Gasteiger partial charge on any atom is 0.162 e. The first kappa shape index (κ1) is 10.8. The van der Waals surface area contributed by atoms with Crippen molar-refractivity contribution in [1.82, 2.24) is 9.55 Å². The van der Waals surface area contributed by atoms with E-state index in [1.807, 2.05) is 30.3 Å². The predicted molar refractivity (Wildman–Crippen MR) is 73.8 cm³/mol. The van der Waals surface area contributed by atoms with E-state index in [0.29, 0.717) is 0 Å². The molecule has 0 saturated heterocycles. The summed E-state index contributed by atoms with van der Waals surface area (Å²) in [4.78, 5) is 4.69. The van der Waals surface area contributed by atoms with Gasteiger partial charge in [0.25, 0.3) is 0 Å². The number of hydrogen-bond acceptors (Lipinski definition) is 2. The Morgan fingerprint density at radius 2 is 1.74 bits per heavy atom. The number of ether oxygens (including phenoxy) is 1. The molecule has 4 rings (SSSR count). The van der Waals surface area contributed by atoms with E-state index in [1.54, 1.807) is 0 Å². The maximum atomic E-state index is 6.07. The van der Waals surface area contributed by atoms with Crippen molar-refractivity contribution in [3.05, 3.63) is 66.0 Å². The normalized spacial score (nSPS) is 21.7. The van der Waals surface area contributed by atoms with Crippen molar-refractivity contribution in [2.24, 2.45) is 0 Å². The highest BCUT2D eigenvalue weighted by Crippen LogP contribution is 2.39. The molecule has 1 aliphatic heterocycles. The summed E-state index contributed by atoms with van der Waals surface area (Å²) in [5.74, 6) is 1.01. The van der Waals surface area contributed by atoms with Crippen LogP contribution in [0.4, 0.5) is 0 Å². The number of para-hydroxylation sites is 2. The fourth-order valence-electron chi connectivity index (χ4n) is 2.76. The minimum atomic E-state index is -0.0707. The molecule has 2 atom stereocenters. The fourth-order valence-corrected chi connectivity index (χ4v) is 2.76. The van der Waals surface area contributed by atoms with Crippen LogP contribution in [0.25, 0.3) is 11.0 Å². The van der Waals surface area contributed by atoms with Crippen LogP contribution in [0, 0.1) is 0 Å². The van der Waals surface area contributed by atoms with E-state index >= 15 is 0 Å². The van der Waals surface area contributed by atoms with Crippen molar-refractivity contribution in [2.75, 3.05) is 0 Å². The molecule has 19 heavy (non-hydrogen) atoms. The lowest BCUT2D eigenvalue weighted by molar-refractivity contribution is 0.0224. The number of aromatic nitrogens is 2. The standard InChI is InChI=1S/C16H14N2O/c1-11-15-17-13-9-5-6-10-14(13)18(15)16(19-11)12-7-3-2-4-8-12/h2-11,16H,1H3/t11-,16+/m0/s1. The zero-order valence-corrected chi connectivity index (χ0v) is 10.7. The summed E-state index contributed by atoms with van der Waals surface area (Å²) in [5, 5.41) is 0. The Balaban J connectivity index is 1.96. The van der Waals surface area contributed by atoms with Gasteiger partial charge in [0.15, 0.2) is 6.23 Å². The lowest BCUT2D eigenvalue weighted by Crippen LogP contribution is -2.06. The molecule has 3 nitrogen and oxygen atoms in total. The highest BCUT2D eigenvalue weighted by Gasteiger charge is 2.32. The van der Waals surface area contributed by atoms with Crippen molar-refractivity contribution >= 4 is 11.0 Å². The predicted octanol–water partition coefficient (Wildman–Crippen LogP) is 3.67. The number of rotatable bonds is 1. The molecular formula is C16H14N2O. The third kappa shape index (κ3) is 1.52. The van der Waals surface area contributed by atoms with E-state index in [0.717, 1.165) is 22.4 Å². The largest absolute Gasteiger partial charge is 0.343 e. The Hall–Kier alpha value is -2.13. The van der Waals surface area contributed by atoms with E-state index in [9.17, 15) is 0 Å². The van der Waals surface area contributed by atoms with E-state index in [4.69, 9.17) is 4.74 Å². The van der Waals surface area contributed by atoms with Crippen molar-refractivity contribution in [1.29, 1.82) is 0 Å². The summed E-state index contributed by atoms with van der Waals surface area (Å²) in [7, 11) is 0. The molecule has 1 aromatic heterocycles. The topological polar surface area (TPSA) is 27.1 Å². The van der Waals surface area contributed by atoms with Crippen LogP contribution in [0.15, 0.2) is 54.6 Å². The van der Waals surface area contributed by atoms with Crippen LogP contribution in [-0.4, -0.2) is 9.55 Å². The van der Waals surface area contributed by atoms with Gasteiger partial charge in [-0.05, 0) is 19.1 Å². The quantitative estimate of drug-likeness (QED) is 0.658. The third-order valence-electron chi connectivity index (χ3n) is 3.64. The van der Waals surface area contributed by atoms with Gasteiger partial charge in [0.1, 0.15) is 11.9 Å². The lowest BCUT2D eigenvalue weighted by atomic mass is 10.2. The van der Waals surface area contributed by atoms with E-state index in [2.05, 4.69) is 40.7 Å². The second kappa shape index (κ2) is 3.93. The van der Waals surface area contributed by atoms with Gasteiger partial charge in [0.2, 0.25) is 0 Å². The van der Waals surface area contributed by atoms with Crippen molar-refractivity contribution in [2.45, 2.75) is 19.3 Å². The zero-order valence-electron chi connectivity index (χ0n) is 10.7. The molecule has 0 saturated carbocycles. The average Bonchev–Trinajstić information content (AvgIpc) is 2.98. The van der Waals surface area contributed by atoms with Gasteiger partial charge < -0.3 is 4.74 Å². The molecular weight excluding hydrogens is 236 g/mol. The number of hydrogen-bond donors (Lipinski definition) is 0. The summed E-state index contributed by atoms with van der Waals surface area (Å²) in [5.41, 5.74) is 3.33. The van der Waals surface area contributed by atoms with Gasteiger partial charge in [-0.1, -0.05) is 42.5 Å². The molecule has 0 N–H and O–H groups in total. The summed E-state index contributed by atoms with van der Waals surface area (Å²) < 4.78 is 8.27. The minimum Gasteiger partial charge on any atom is -0.343 e. The molecule has 94 valence electrons. The van der Waals surface area contributed by atoms with Crippen LogP contribution in [0.5, 0.6) is 0 Å². The molecule has 2 aromatic carbocycles. The Kier molecular flexibility index (Phi) is 2.23. The SMILES string of the molecule is C[C@@H]1O[C@H](c2ccccc2)n2c1nc1ccccc12. The number of benzene rings is 2. The number of nitrogens with zero attached hydrogens (tertiary/aromatic N) is 2. The molecule has 0 radical (unpaired) electrons. The van der Waals surface area contributed by atoms with Gasteiger partial charge in [0.05, 0.1) is 11.0 Å². The average molecular weight is 250 g/mol. The molecule has 3 aromatic rings. The minimum absolute atomic E-state index is 0.0256. The fraction of sp³-hybridized carbons (Fsp3) is 0.188. The highest BCUT2D eigenvalue weighted by molar-refractivity contribution is 5.76. The Labute approximate surface area is 111 Å². The van der Waals surface area contributed by atoms with Gasteiger partial charge in [-0.3, -0.25) is 4.57 Å². The molecule has 0 amide bonds. The van der Waals surface area contributed by atoms with Crippen LogP contribution in [0.3, 0.4) is 0 Å². The van der Waals surface area contributed by atoms with E-state index in [-0.39, 0.29) is 12.3 Å². The van der Waals surface area contributed by atoms with Crippen LogP contribution in [-0.2, 0) is 4.74 Å². The van der Waals surface area contributed by atoms with Gasteiger partial charge in [-0.15, -0.1) is 0 Å². The Bertz CT molecular complexity index is 733. The van der Waals surface area contributed by atoms with Crippen molar-refractivity contribution in [3.63, 3.8) is 0 Å². The smallest absolute Gasteiger partial charge is 0.162 e. The highest BCUT2D eigenvalue weighted by atomic mass is 16.5. The summed E-state index contributed by atoms with van der Waals surface area (Å²) >= 11 is 0. The van der Waals surface area contributed by atoms with Gasteiger partial charge in [-0.2, -0.15) is 0 Å². The first-order valence-corrected chi connectivity index (χ1v) is 6.52. The Morgan fingerprint density at radius 3 is 2.58 bits per heavy atom. The van der Waals surface area contributed by atoms with Crippen LogP contribution >= 0.6 is 0 Å². The molecule has 0 spiro atoms. The molecule has 1 aliphatic rings. The lowest BCUT2D eigenvalue weighted by Gasteiger charge is -2.14. The zero-order chi connectivity index (χ0) is 12.8. The van der Waals surface area contributed by atoms with Gasteiger partial charge in [-0.25, -0.2) is 4.98 Å². The second-order valence-electron chi connectivity index (χ2n) is 4.87.